The van der Waals surface area contributed by atoms with Crippen LogP contribution in [0.5, 0.6) is 0 Å². The predicted molar refractivity (Wildman–Crippen MR) is 68.3 cm³/mol. The minimum Gasteiger partial charge on any atom is -0.326 e. The van der Waals surface area contributed by atoms with Crippen molar-refractivity contribution in [3.05, 3.63) is 33.7 Å². The molecule has 0 saturated carbocycles. The first-order valence-electron chi connectivity index (χ1n) is 6.57. The number of nitrogens with one attached hydrogen (secondary N) is 1. The number of nitrogens with zero attached hydrogens (tertiary/aromatic N) is 1. The predicted octanol–water partition coefficient (Wildman–Crippen LogP) is 1.58. The standard InChI is InChI=1S/C14H20N2O/c1-16-8-6-14(7-9-16)5-4-12-11(10-14)2-3-13(17)15-12/h2-3H,4-10H2,1H3,(H,15,17). The van der Waals surface area contributed by atoms with Gasteiger partial charge in [-0.25, -0.2) is 0 Å². The number of piperidine rings is 1. The lowest BCUT2D eigenvalue weighted by atomic mass is 9.67. The fraction of sp³-hybridized carbons (Fsp3) is 0.643. The van der Waals surface area contributed by atoms with E-state index in [1.54, 1.807) is 6.07 Å². The zero-order valence-corrected chi connectivity index (χ0v) is 10.5. The van der Waals surface area contributed by atoms with Crippen molar-refractivity contribution in [3.8, 4) is 0 Å². The first-order valence-corrected chi connectivity index (χ1v) is 6.57. The number of aryl methyl sites for hydroxylation is 1. The van der Waals surface area contributed by atoms with Gasteiger partial charge in [-0.2, -0.15) is 0 Å². The molecule has 1 saturated heterocycles. The molecule has 1 aliphatic carbocycles. The highest BCUT2D eigenvalue weighted by molar-refractivity contribution is 5.25. The van der Waals surface area contributed by atoms with Crippen molar-refractivity contribution in [2.24, 2.45) is 5.41 Å². The van der Waals surface area contributed by atoms with Crippen molar-refractivity contribution in [1.82, 2.24) is 9.88 Å². The molecule has 1 aromatic heterocycles. The van der Waals surface area contributed by atoms with Gasteiger partial charge in [0.05, 0.1) is 0 Å². The van der Waals surface area contributed by atoms with E-state index in [0.29, 0.717) is 5.41 Å². The van der Waals surface area contributed by atoms with Crippen LogP contribution in [-0.4, -0.2) is 30.0 Å². The van der Waals surface area contributed by atoms with E-state index in [0.717, 1.165) is 12.8 Å². The SMILES string of the molecule is CN1CCC2(CCc3[nH]c(=O)ccc3C2)CC1. The smallest absolute Gasteiger partial charge is 0.248 e. The Hall–Kier alpha value is -1.09. The van der Waals surface area contributed by atoms with E-state index < -0.39 is 0 Å². The zero-order chi connectivity index (χ0) is 11.9. The molecule has 0 bridgehead atoms. The Balaban J connectivity index is 1.85. The average molecular weight is 232 g/mol. The monoisotopic (exact) mass is 232 g/mol. The lowest BCUT2D eigenvalue weighted by Crippen LogP contribution is -2.41. The Bertz CT molecular complexity index is 469. The molecule has 17 heavy (non-hydrogen) atoms. The maximum atomic E-state index is 11.3. The van der Waals surface area contributed by atoms with E-state index in [4.69, 9.17) is 0 Å². The number of rotatable bonds is 0. The van der Waals surface area contributed by atoms with Crippen molar-refractivity contribution in [3.63, 3.8) is 0 Å². The number of aromatic nitrogens is 1. The van der Waals surface area contributed by atoms with Gasteiger partial charge in [0, 0.05) is 11.8 Å². The number of likely N-dealkylation sites (tertiary alicyclic amines) is 1. The van der Waals surface area contributed by atoms with Gasteiger partial charge in [0.1, 0.15) is 0 Å². The van der Waals surface area contributed by atoms with Gasteiger partial charge in [0.25, 0.3) is 0 Å². The second-order valence-corrected chi connectivity index (χ2v) is 5.81. The molecule has 0 radical (unpaired) electrons. The molecule has 1 fully saturated rings. The number of hydrogen-bond acceptors (Lipinski definition) is 2. The molecule has 92 valence electrons. The second-order valence-electron chi connectivity index (χ2n) is 5.81. The lowest BCUT2D eigenvalue weighted by Gasteiger charge is -2.43. The third-order valence-corrected chi connectivity index (χ3v) is 4.62. The van der Waals surface area contributed by atoms with E-state index in [1.165, 1.54) is 43.6 Å². The molecule has 3 nitrogen and oxygen atoms in total. The van der Waals surface area contributed by atoms with Gasteiger partial charge in [-0.15, -0.1) is 0 Å². The number of H-pyrrole nitrogens is 1. The van der Waals surface area contributed by atoms with Crippen LogP contribution in [0.3, 0.4) is 0 Å². The molecule has 2 aliphatic rings. The molecule has 2 heterocycles. The van der Waals surface area contributed by atoms with Gasteiger partial charge in [-0.05, 0) is 63.2 Å². The van der Waals surface area contributed by atoms with Crippen molar-refractivity contribution in [2.45, 2.75) is 32.1 Å². The third-order valence-electron chi connectivity index (χ3n) is 4.62. The first kappa shape index (κ1) is 11.0. The van der Waals surface area contributed by atoms with Crippen LogP contribution in [0.4, 0.5) is 0 Å². The molecule has 1 N–H and O–H groups in total. The van der Waals surface area contributed by atoms with E-state index in [9.17, 15) is 4.79 Å². The molecule has 0 aromatic carbocycles. The average Bonchev–Trinajstić information content (AvgIpc) is 2.34. The fourth-order valence-corrected chi connectivity index (χ4v) is 3.34. The quantitative estimate of drug-likeness (QED) is 0.737. The first-order chi connectivity index (χ1) is 8.17. The molecule has 0 unspecified atom stereocenters. The Labute approximate surface area is 102 Å². The Morgan fingerprint density at radius 2 is 2.00 bits per heavy atom. The third kappa shape index (κ3) is 2.04. The van der Waals surface area contributed by atoms with E-state index >= 15 is 0 Å². The van der Waals surface area contributed by atoms with Crippen LogP contribution in [-0.2, 0) is 12.8 Å². The molecule has 0 atom stereocenters. The van der Waals surface area contributed by atoms with Gasteiger partial charge < -0.3 is 9.88 Å². The van der Waals surface area contributed by atoms with Crippen LogP contribution in [0.1, 0.15) is 30.5 Å². The normalized spacial score (nSPS) is 23.6. The summed E-state index contributed by atoms with van der Waals surface area (Å²) >= 11 is 0. The highest BCUT2D eigenvalue weighted by atomic mass is 16.1. The Morgan fingerprint density at radius 1 is 1.24 bits per heavy atom. The molecule has 1 aliphatic heterocycles. The van der Waals surface area contributed by atoms with Crippen molar-refractivity contribution in [2.75, 3.05) is 20.1 Å². The van der Waals surface area contributed by atoms with Crippen molar-refractivity contribution in [1.29, 1.82) is 0 Å². The molecule has 3 rings (SSSR count). The molecule has 1 spiro atoms. The highest BCUT2D eigenvalue weighted by Crippen LogP contribution is 2.42. The van der Waals surface area contributed by atoms with Gasteiger partial charge >= 0.3 is 0 Å². The van der Waals surface area contributed by atoms with Crippen molar-refractivity contribution >= 4 is 0 Å². The molecule has 1 aromatic rings. The van der Waals surface area contributed by atoms with Gasteiger partial charge in [0.15, 0.2) is 0 Å². The van der Waals surface area contributed by atoms with Crippen LogP contribution in [0.2, 0.25) is 0 Å². The topological polar surface area (TPSA) is 36.1 Å². The maximum Gasteiger partial charge on any atom is 0.248 e. The Kier molecular flexibility index (Phi) is 2.58. The summed E-state index contributed by atoms with van der Waals surface area (Å²) in [5.74, 6) is 0. The van der Waals surface area contributed by atoms with Gasteiger partial charge in [-0.3, -0.25) is 4.79 Å². The number of pyridine rings is 1. The number of hydrogen-bond donors (Lipinski definition) is 1. The molecule has 0 amide bonds. The van der Waals surface area contributed by atoms with Gasteiger partial charge in [0.2, 0.25) is 5.56 Å². The second kappa shape index (κ2) is 3.98. The minimum atomic E-state index is 0.0445. The van der Waals surface area contributed by atoms with Crippen LogP contribution in [0.25, 0.3) is 0 Å². The highest BCUT2D eigenvalue weighted by Gasteiger charge is 2.36. The fourth-order valence-electron chi connectivity index (χ4n) is 3.34. The van der Waals surface area contributed by atoms with Crippen LogP contribution in [0.15, 0.2) is 16.9 Å². The minimum absolute atomic E-state index is 0.0445. The summed E-state index contributed by atoms with van der Waals surface area (Å²) < 4.78 is 0. The summed E-state index contributed by atoms with van der Waals surface area (Å²) in [7, 11) is 2.21. The lowest BCUT2D eigenvalue weighted by molar-refractivity contribution is 0.105. The molecular weight excluding hydrogens is 212 g/mol. The van der Waals surface area contributed by atoms with E-state index in [-0.39, 0.29) is 5.56 Å². The summed E-state index contributed by atoms with van der Waals surface area (Å²) in [5, 5.41) is 0. The number of fused-ring (bicyclic) bond motifs is 1. The summed E-state index contributed by atoms with van der Waals surface area (Å²) in [4.78, 5) is 16.7. The molecular formula is C14H20N2O. The van der Waals surface area contributed by atoms with Crippen LogP contribution < -0.4 is 5.56 Å². The largest absolute Gasteiger partial charge is 0.326 e. The summed E-state index contributed by atoms with van der Waals surface area (Å²) in [6.07, 6.45) is 6.07. The van der Waals surface area contributed by atoms with Crippen LogP contribution in [0, 0.1) is 5.41 Å². The van der Waals surface area contributed by atoms with Crippen molar-refractivity contribution < 1.29 is 0 Å². The zero-order valence-electron chi connectivity index (χ0n) is 10.5. The maximum absolute atomic E-state index is 11.3. The summed E-state index contributed by atoms with van der Waals surface area (Å²) in [5.41, 5.74) is 3.11. The van der Waals surface area contributed by atoms with Gasteiger partial charge in [-0.1, -0.05) is 6.07 Å². The number of aromatic amines is 1. The van der Waals surface area contributed by atoms with E-state index in [2.05, 4.69) is 16.9 Å². The molecule has 3 heteroatoms. The Morgan fingerprint density at radius 3 is 2.76 bits per heavy atom. The summed E-state index contributed by atoms with van der Waals surface area (Å²) in [6.45, 7) is 2.44. The summed E-state index contributed by atoms with van der Waals surface area (Å²) in [6, 6.07) is 3.71. The van der Waals surface area contributed by atoms with E-state index in [1.807, 2.05) is 6.07 Å². The van der Waals surface area contributed by atoms with Crippen LogP contribution >= 0.6 is 0 Å².